The van der Waals surface area contributed by atoms with E-state index in [1.807, 2.05) is 0 Å². The zero-order chi connectivity index (χ0) is 7.68. The van der Waals surface area contributed by atoms with E-state index in [1.165, 1.54) is 12.8 Å². The molecule has 0 aromatic heterocycles. The van der Waals surface area contributed by atoms with Crippen LogP contribution in [0.1, 0.15) is 25.7 Å². The Balaban J connectivity index is 1.92. The first kappa shape index (κ1) is 7.53. The smallest absolute Gasteiger partial charge is 0.0709 e. The first-order valence-corrected chi connectivity index (χ1v) is 4.56. The second-order valence-corrected chi connectivity index (χ2v) is 3.52. The second-order valence-electron chi connectivity index (χ2n) is 3.52. The van der Waals surface area contributed by atoms with E-state index in [2.05, 4.69) is 10.4 Å². The van der Waals surface area contributed by atoms with Crippen molar-refractivity contribution in [3.05, 3.63) is 0 Å². The molecule has 2 aliphatic rings. The summed E-state index contributed by atoms with van der Waals surface area (Å²) in [5.74, 6) is 0. The Morgan fingerprint density at radius 3 is 2.73 bits per heavy atom. The van der Waals surface area contributed by atoms with E-state index in [1.54, 1.807) is 0 Å². The third-order valence-electron chi connectivity index (χ3n) is 2.73. The Morgan fingerprint density at radius 1 is 1.27 bits per heavy atom. The monoisotopic (exact) mass is 156 g/mol. The van der Waals surface area contributed by atoms with Gasteiger partial charge in [0.2, 0.25) is 0 Å². The molecule has 1 aliphatic heterocycles. The van der Waals surface area contributed by atoms with Crippen molar-refractivity contribution in [3.8, 4) is 0 Å². The molecule has 1 saturated heterocycles. The molecule has 0 radical (unpaired) electrons. The van der Waals surface area contributed by atoms with Crippen molar-refractivity contribution in [2.45, 2.75) is 37.8 Å². The summed E-state index contributed by atoms with van der Waals surface area (Å²) in [5, 5.41) is 11.8. The van der Waals surface area contributed by atoms with Gasteiger partial charge < -0.3 is 5.11 Å². The fraction of sp³-hybridized carbons (Fsp3) is 1.00. The van der Waals surface area contributed by atoms with Gasteiger partial charge in [0.1, 0.15) is 0 Å². The molecule has 2 atom stereocenters. The van der Waals surface area contributed by atoms with Crippen LogP contribution in [0.3, 0.4) is 0 Å². The maximum atomic E-state index is 9.57. The lowest BCUT2D eigenvalue weighted by atomic mass is 10.2. The molecule has 1 saturated carbocycles. The van der Waals surface area contributed by atoms with E-state index in [0.29, 0.717) is 6.04 Å². The number of nitrogens with zero attached hydrogens (tertiary/aromatic N) is 1. The van der Waals surface area contributed by atoms with E-state index in [4.69, 9.17) is 0 Å². The summed E-state index contributed by atoms with van der Waals surface area (Å²) in [7, 11) is 0. The van der Waals surface area contributed by atoms with Gasteiger partial charge in [0.25, 0.3) is 0 Å². The second kappa shape index (κ2) is 3.09. The van der Waals surface area contributed by atoms with Crippen molar-refractivity contribution < 1.29 is 5.11 Å². The number of hydrogen-bond acceptors (Lipinski definition) is 3. The molecule has 2 fully saturated rings. The number of aliphatic hydroxyl groups excluding tert-OH is 1. The van der Waals surface area contributed by atoms with Gasteiger partial charge in [-0.2, -0.15) is 0 Å². The van der Waals surface area contributed by atoms with Crippen LogP contribution in [0, 0.1) is 0 Å². The molecule has 1 heterocycles. The SMILES string of the molecule is OC1CCCC1N1CCCN1. The minimum absolute atomic E-state index is 0.0828. The van der Waals surface area contributed by atoms with Crippen LogP contribution in [0.25, 0.3) is 0 Å². The zero-order valence-electron chi connectivity index (χ0n) is 6.79. The van der Waals surface area contributed by atoms with Gasteiger partial charge in [-0.3, -0.25) is 5.43 Å². The van der Waals surface area contributed by atoms with E-state index in [0.717, 1.165) is 25.9 Å². The average molecular weight is 156 g/mol. The number of rotatable bonds is 1. The summed E-state index contributed by atoms with van der Waals surface area (Å²) in [6.45, 7) is 2.20. The molecule has 3 nitrogen and oxygen atoms in total. The van der Waals surface area contributed by atoms with E-state index < -0.39 is 0 Å². The third-order valence-corrected chi connectivity index (χ3v) is 2.73. The Bertz CT molecular complexity index is 134. The van der Waals surface area contributed by atoms with Gasteiger partial charge in [-0.05, 0) is 25.7 Å². The molecule has 0 aromatic carbocycles. The molecule has 0 bridgehead atoms. The summed E-state index contributed by atoms with van der Waals surface area (Å²) >= 11 is 0. The van der Waals surface area contributed by atoms with Crippen molar-refractivity contribution >= 4 is 0 Å². The number of aliphatic hydroxyl groups is 1. The molecule has 2 rings (SSSR count). The van der Waals surface area contributed by atoms with Gasteiger partial charge in [0.15, 0.2) is 0 Å². The van der Waals surface area contributed by atoms with Crippen LogP contribution in [-0.2, 0) is 0 Å². The van der Waals surface area contributed by atoms with Crippen molar-refractivity contribution in [3.63, 3.8) is 0 Å². The standard InChI is InChI=1S/C8H16N2O/c11-8-4-1-3-7(8)10-6-2-5-9-10/h7-9,11H,1-6H2. The van der Waals surface area contributed by atoms with Crippen LogP contribution in [0.5, 0.6) is 0 Å². The van der Waals surface area contributed by atoms with Crippen LogP contribution >= 0.6 is 0 Å². The summed E-state index contributed by atoms with van der Waals surface area (Å²) < 4.78 is 0. The van der Waals surface area contributed by atoms with Crippen LogP contribution in [0.4, 0.5) is 0 Å². The molecule has 0 aromatic rings. The molecule has 0 spiro atoms. The van der Waals surface area contributed by atoms with Gasteiger partial charge in [-0.1, -0.05) is 0 Å². The highest BCUT2D eigenvalue weighted by molar-refractivity contribution is 4.85. The van der Waals surface area contributed by atoms with Crippen molar-refractivity contribution in [1.82, 2.24) is 10.4 Å². The van der Waals surface area contributed by atoms with Gasteiger partial charge in [0, 0.05) is 13.1 Å². The zero-order valence-corrected chi connectivity index (χ0v) is 6.79. The minimum Gasteiger partial charge on any atom is -0.391 e. The van der Waals surface area contributed by atoms with Crippen LogP contribution in [-0.4, -0.2) is 35.4 Å². The number of hydrogen-bond donors (Lipinski definition) is 2. The molecule has 64 valence electrons. The van der Waals surface area contributed by atoms with Gasteiger partial charge in [-0.25, -0.2) is 5.01 Å². The van der Waals surface area contributed by atoms with Gasteiger partial charge in [-0.15, -0.1) is 0 Å². The largest absolute Gasteiger partial charge is 0.391 e. The predicted octanol–water partition coefficient (Wildman–Crippen LogP) is 0.110. The maximum absolute atomic E-state index is 9.57. The highest BCUT2D eigenvalue weighted by Gasteiger charge is 2.31. The van der Waals surface area contributed by atoms with Gasteiger partial charge >= 0.3 is 0 Å². The molecular formula is C8H16N2O. The lowest BCUT2D eigenvalue weighted by molar-refractivity contribution is 0.0594. The number of nitrogens with one attached hydrogen (secondary N) is 1. The highest BCUT2D eigenvalue weighted by atomic mass is 16.3. The van der Waals surface area contributed by atoms with Crippen LogP contribution in [0.2, 0.25) is 0 Å². The molecule has 2 N–H and O–H groups in total. The fourth-order valence-corrected chi connectivity index (χ4v) is 2.12. The van der Waals surface area contributed by atoms with Crippen LogP contribution in [0.15, 0.2) is 0 Å². The van der Waals surface area contributed by atoms with E-state index in [9.17, 15) is 5.11 Å². The molecule has 2 unspecified atom stereocenters. The predicted molar refractivity (Wildman–Crippen MR) is 43.0 cm³/mol. The summed E-state index contributed by atoms with van der Waals surface area (Å²) in [5.41, 5.74) is 3.30. The van der Waals surface area contributed by atoms with Crippen LogP contribution < -0.4 is 5.43 Å². The topological polar surface area (TPSA) is 35.5 Å². The average Bonchev–Trinajstić information content (AvgIpc) is 2.55. The van der Waals surface area contributed by atoms with Crippen molar-refractivity contribution in [2.75, 3.05) is 13.1 Å². The Labute approximate surface area is 67.4 Å². The normalized spacial score (nSPS) is 40.1. The molecule has 0 amide bonds. The Kier molecular flexibility index (Phi) is 2.11. The lowest BCUT2D eigenvalue weighted by Crippen LogP contribution is -2.44. The molecule has 1 aliphatic carbocycles. The van der Waals surface area contributed by atoms with Crippen molar-refractivity contribution in [1.29, 1.82) is 0 Å². The quantitative estimate of drug-likeness (QED) is 0.565. The van der Waals surface area contributed by atoms with E-state index >= 15 is 0 Å². The Hall–Kier alpha value is -0.120. The number of hydrazine groups is 1. The molecule has 11 heavy (non-hydrogen) atoms. The first-order chi connectivity index (χ1) is 5.38. The van der Waals surface area contributed by atoms with Gasteiger partial charge in [0.05, 0.1) is 12.1 Å². The minimum atomic E-state index is -0.0828. The fourth-order valence-electron chi connectivity index (χ4n) is 2.12. The first-order valence-electron chi connectivity index (χ1n) is 4.56. The Morgan fingerprint density at radius 2 is 2.18 bits per heavy atom. The maximum Gasteiger partial charge on any atom is 0.0709 e. The highest BCUT2D eigenvalue weighted by Crippen LogP contribution is 2.24. The lowest BCUT2D eigenvalue weighted by Gasteiger charge is -2.25. The van der Waals surface area contributed by atoms with Crippen molar-refractivity contribution in [2.24, 2.45) is 0 Å². The van der Waals surface area contributed by atoms with E-state index in [-0.39, 0.29) is 6.10 Å². The molecule has 3 heteroatoms. The summed E-state index contributed by atoms with van der Waals surface area (Å²) in [6, 6.07) is 0.400. The summed E-state index contributed by atoms with van der Waals surface area (Å²) in [6.07, 6.45) is 4.48. The summed E-state index contributed by atoms with van der Waals surface area (Å²) in [4.78, 5) is 0. The third kappa shape index (κ3) is 1.41. The molecular weight excluding hydrogens is 140 g/mol.